The fraction of sp³-hybridized carbons (Fsp3) is 0.643. The molecule has 124 valence electrons. The number of aliphatic hydroxyl groups is 2. The number of rotatable bonds is 4. The van der Waals surface area contributed by atoms with Crippen molar-refractivity contribution in [1.29, 1.82) is 0 Å². The van der Waals surface area contributed by atoms with E-state index in [-0.39, 0.29) is 0 Å². The maximum absolute atomic E-state index is 11.9. The van der Waals surface area contributed by atoms with Crippen LogP contribution in [0.2, 0.25) is 0 Å². The van der Waals surface area contributed by atoms with Crippen molar-refractivity contribution in [3.05, 3.63) is 33.1 Å². The van der Waals surface area contributed by atoms with Gasteiger partial charge in [0, 0.05) is 12.3 Å². The topological polar surface area (TPSA) is 105 Å². The molecule has 1 aliphatic heterocycles. The van der Waals surface area contributed by atoms with Crippen LogP contribution >= 0.6 is 6.89 Å². The van der Waals surface area contributed by atoms with E-state index < -0.39 is 42.2 Å². The Bertz CT molecular complexity index is 702. The Balaban J connectivity index is 2.28. The maximum Gasteiger partial charge on any atom is 0.330 e. The van der Waals surface area contributed by atoms with Gasteiger partial charge in [0.1, 0.15) is 11.7 Å². The Morgan fingerprint density at radius 2 is 2.14 bits per heavy atom. The first kappa shape index (κ1) is 17.2. The number of ether oxygens (including phenoxy) is 1. The lowest BCUT2D eigenvalue weighted by molar-refractivity contribution is -0.0975. The normalized spacial score (nSPS) is 32.3. The third-order valence-corrected chi connectivity index (χ3v) is 5.35. The largest absolute Gasteiger partial charge is 0.387 e. The second kappa shape index (κ2) is 5.81. The SMILES string of the molecule is C=P(C)(C)CC[C@H]1O[C@@H](n2ccc(=O)[nH]c2=O)[C@](C)(O)[C@@H]1O. The summed E-state index contributed by atoms with van der Waals surface area (Å²) in [5, 5.41) is 20.9. The molecule has 0 aromatic carbocycles. The predicted octanol–water partition coefficient (Wildman–Crippen LogP) is -0.355. The zero-order valence-electron chi connectivity index (χ0n) is 13.0. The molecule has 7 nitrogen and oxygen atoms in total. The van der Waals surface area contributed by atoms with Crippen LogP contribution in [0.3, 0.4) is 0 Å². The molecule has 0 radical (unpaired) electrons. The number of hydrogen-bond acceptors (Lipinski definition) is 5. The van der Waals surface area contributed by atoms with Crippen LogP contribution in [0.15, 0.2) is 21.9 Å². The summed E-state index contributed by atoms with van der Waals surface area (Å²) in [5.74, 6) is 0. The molecule has 2 heterocycles. The molecule has 0 bridgehead atoms. The van der Waals surface area contributed by atoms with Gasteiger partial charge in [-0.3, -0.25) is 14.3 Å². The van der Waals surface area contributed by atoms with Gasteiger partial charge in [-0.25, -0.2) is 4.79 Å². The molecule has 0 spiro atoms. The van der Waals surface area contributed by atoms with E-state index in [1.807, 2.05) is 0 Å². The Labute approximate surface area is 128 Å². The summed E-state index contributed by atoms with van der Waals surface area (Å²) in [4.78, 5) is 25.1. The molecule has 1 aromatic rings. The molecule has 0 saturated carbocycles. The molecule has 0 unspecified atom stereocenters. The Hall–Kier alpha value is -1.14. The van der Waals surface area contributed by atoms with Crippen LogP contribution in [-0.2, 0) is 4.74 Å². The number of aliphatic hydroxyl groups excluding tert-OH is 1. The van der Waals surface area contributed by atoms with Crippen molar-refractivity contribution in [1.82, 2.24) is 9.55 Å². The summed E-state index contributed by atoms with van der Waals surface area (Å²) in [6.07, 6.45) is 3.96. The van der Waals surface area contributed by atoms with Crippen LogP contribution in [0.1, 0.15) is 19.6 Å². The highest BCUT2D eigenvalue weighted by Gasteiger charge is 2.53. The highest BCUT2D eigenvalue weighted by atomic mass is 31.2. The van der Waals surface area contributed by atoms with Gasteiger partial charge in [0.15, 0.2) is 6.23 Å². The molecule has 1 fully saturated rings. The zero-order valence-corrected chi connectivity index (χ0v) is 13.9. The average molecular weight is 330 g/mol. The number of aromatic nitrogens is 2. The van der Waals surface area contributed by atoms with E-state index >= 15 is 0 Å². The van der Waals surface area contributed by atoms with Crippen LogP contribution < -0.4 is 11.2 Å². The van der Waals surface area contributed by atoms with Crippen LogP contribution in [0.4, 0.5) is 0 Å². The lowest BCUT2D eigenvalue weighted by Gasteiger charge is -2.27. The lowest BCUT2D eigenvalue weighted by atomic mass is 9.95. The maximum atomic E-state index is 11.9. The fourth-order valence-corrected chi connectivity index (χ4v) is 3.52. The first-order valence-electron chi connectivity index (χ1n) is 7.07. The molecular formula is C14H23N2O5P. The van der Waals surface area contributed by atoms with Crippen LogP contribution in [0.5, 0.6) is 0 Å². The Kier molecular flexibility index (Phi) is 4.55. The Morgan fingerprint density at radius 1 is 1.50 bits per heavy atom. The van der Waals surface area contributed by atoms with Crippen molar-refractivity contribution in [2.45, 2.75) is 37.4 Å². The molecule has 22 heavy (non-hydrogen) atoms. The summed E-state index contributed by atoms with van der Waals surface area (Å²) in [7, 11) is 0. The number of aromatic amines is 1. The highest BCUT2D eigenvalue weighted by Crippen LogP contribution is 2.42. The molecule has 1 aliphatic rings. The first-order chi connectivity index (χ1) is 10.0. The van der Waals surface area contributed by atoms with E-state index in [2.05, 4.69) is 24.6 Å². The van der Waals surface area contributed by atoms with E-state index in [4.69, 9.17) is 4.74 Å². The van der Waals surface area contributed by atoms with Gasteiger partial charge in [0.2, 0.25) is 0 Å². The van der Waals surface area contributed by atoms with Crippen molar-refractivity contribution < 1.29 is 14.9 Å². The van der Waals surface area contributed by atoms with Crippen molar-refractivity contribution in [3.8, 4) is 0 Å². The summed E-state index contributed by atoms with van der Waals surface area (Å²) in [5.41, 5.74) is -2.84. The Morgan fingerprint density at radius 3 is 2.68 bits per heavy atom. The van der Waals surface area contributed by atoms with Gasteiger partial charge < -0.3 is 14.9 Å². The predicted molar refractivity (Wildman–Crippen MR) is 87.2 cm³/mol. The number of H-pyrrole nitrogens is 1. The highest BCUT2D eigenvalue weighted by molar-refractivity contribution is 7.72. The minimum absolute atomic E-state index is 0.528. The smallest absolute Gasteiger partial charge is 0.330 e. The minimum Gasteiger partial charge on any atom is -0.387 e. The van der Waals surface area contributed by atoms with Crippen molar-refractivity contribution >= 4 is 13.2 Å². The van der Waals surface area contributed by atoms with E-state index in [0.717, 1.165) is 10.7 Å². The third kappa shape index (κ3) is 3.43. The van der Waals surface area contributed by atoms with Crippen LogP contribution in [-0.4, -0.2) is 63.4 Å². The lowest BCUT2D eigenvalue weighted by Crippen LogP contribution is -2.46. The summed E-state index contributed by atoms with van der Waals surface area (Å²) in [6.45, 7) is 4.30. The van der Waals surface area contributed by atoms with Crippen molar-refractivity contribution in [2.75, 3.05) is 19.5 Å². The number of nitrogens with zero attached hydrogens (tertiary/aromatic N) is 1. The second-order valence-electron chi connectivity index (χ2n) is 6.66. The molecule has 4 atom stereocenters. The summed E-state index contributed by atoms with van der Waals surface area (Å²) < 4.78 is 6.81. The van der Waals surface area contributed by atoms with Crippen LogP contribution in [0.25, 0.3) is 0 Å². The third-order valence-electron chi connectivity index (χ3n) is 3.88. The van der Waals surface area contributed by atoms with E-state index in [1.54, 1.807) is 0 Å². The van der Waals surface area contributed by atoms with Crippen molar-refractivity contribution in [3.63, 3.8) is 0 Å². The van der Waals surface area contributed by atoms with Gasteiger partial charge in [0.05, 0.1) is 6.10 Å². The van der Waals surface area contributed by atoms with Crippen molar-refractivity contribution in [2.24, 2.45) is 0 Å². The molecule has 1 saturated heterocycles. The zero-order chi connectivity index (χ0) is 16.7. The molecule has 0 aliphatic carbocycles. The van der Waals surface area contributed by atoms with E-state index in [1.165, 1.54) is 19.2 Å². The van der Waals surface area contributed by atoms with E-state index in [9.17, 15) is 19.8 Å². The fourth-order valence-electron chi connectivity index (χ4n) is 2.56. The van der Waals surface area contributed by atoms with Gasteiger partial charge in [-0.15, -0.1) is 13.2 Å². The quantitative estimate of drug-likeness (QED) is 0.654. The van der Waals surface area contributed by atoms with Gasteiger partial charge in [-0.2, -0.15) is 0 Å². The molecule has 8 heteroatoms. The number of nitrogens with one attached hydrogen (secondary N) is 1. The minimum atomic E-state index is -1.63. The monoisotopic (exact) mass is 330 g/mol. The van der Waals surface area contributed by atoms with E-state index in [0.29, 0.717) is 6.42 Å². The first-order valence-corrected chi connectivity index (χ1v) is 10.1. The van der Waals surface area contributed by atoms with Gasteiger partial charge >= 0.3 is 5.69 Å². The summed E-state index contributed by atoms with van der Waals surface area (Å²) in [6, 6.07) is 1.17. The van der Waals surface area contributed by atoms with Crippen LogP contribution in [0, 0.1) is 0 Å². The number of hydrogen-bond donors (Lipinski definition) is 3. The molecule has 1 aromatic heterocycles. The van der Waals surface area contributed by atoms with Gasteiger partial charge in [0.25, 0.3) is 5.56 Å². The average Bonchev–Trinajstić information content (AvgIpc) is 2.59. The molecule has 3 N–H and O–H groups in total. The molecular weight excluding hydrogens is 307 g/mol. The molecule has 2 rings (SSSR count). The van der Waals surface area contributed by atoms with Gasteiger partial charge in [-0.05, 0) is 32.8 Å². The summed E-state index contributed by atoms with van der Waals surface area (Å²) >= 11 is 0. The molecule has 0 amide bonds. The standard InChI is InChI=1S/C14H23N2O5P/c1-14(20)11(18)9(6-8-22(2,3)4)21-12(14)16-7-5-10(17)15-13(16)19/h5,7,9,11-12,18,20H,2,6,8H2,1,3-4H3,(H,15,17,19)/t9-,11-,12-,14-/m1/s1. The second-order valence-corrected chi connectivity index (χ2v) is 11.0. The van der Waals surface area contributed by atoms with Gasteiger partial charge in [-0.1, -0.05) is 0 Å².